The fraction of sp³-hybridized carbons (Fsp3) is 0.130. The highest BCUT2D eigenvalue weighted by Crippen LogP contribution is 2.39. The summed E-state index contributed by atoms with van der Waals surface area (Å²) in [5.74, 6) is 0.570. The smallest absolute Gasteiger partial charge is 0.225 e. The highest BCUT2D eigenvalue weighted by Gasteiger charge is 2.39. The number of benzene rings is 3. The molecular formula is C23H19Cl2N3O2. The second-order valence-corrected chi connectivity index (χ2v) is 7.85. The molecular weight excluding hydrogens is 421 g/mol. The summed E-state index contributed by atoms with van der Waals surface area (Å²) in [6.07, 6.45) is 1.96. The van der Waals surface area contributed by atoms with E-state index in [2.05, 4.69) is 10.1 Å². The van der Waals surface area contributed by atoms with Crippen LogP contribution < -0.4 is 4.74 Å². The topological polar surface area (TPSA) is 60.2 Å². The summed E-state index contributed by atoms with van der Waals surface area (Å²) in [4.78, 5) is 3.99. The lowest BCUT2D eigenvalue weighted by atomic mass is 9.93. The zero-order chi connectivity index (χ0) is 21.1. The van der Waals surface area contributed by atoms with Crippen molar-refractivity contribution in [3.8, 4) is 16.9 Å². The van der Waals surface area contributed by atoms with E-state index in [1.807, 2.05) is 54.6 Å². The van der Waals surface area contributed by atoms with Crippen LogP contribution in [0.3, 0.4) is 0 Å². The number of halogens is 2. The summed E-state index contributed by atoms with van der Waals surface area (Å²) < 4.78 is 7.63. The first-order valence-corrected chi connectivity index (χ1v) is 10.0. The van der Waals surface area contributed by atoms with Crippen LogP contribution in [0.5, 0.6) is 5.75 Å². The first-order chi connectivity index (χ1) is 14.4. The molecule has 0 saturated heterocycles. The number of hydrogen-bond acceptors (Lipinski definition) is 4. The van der Waals surface area contributed by atoms with Crippen LogP contribution in [0, 0.1) is 0 Å². The van der Waals surface area contributed by atoms with E-state index in [0.717, 1.165) is 11.1 Å². The summed E-state index contributed by atoms with van der Waals surface area (Å²) in [5.41, 5.74) is 1.12. The Hall–Kier alpha value is -2.86. The molecule has 0 bridgehead atoms. The molecule has 0 saturated carbocycles. The summed E-state index contributed by atoms with van der Waals surface area (Å²) in [6, 6.07) is 22.6. The Labute approximate surface area is 184 Å². The van der Waals surface area contributed by atoms with E-state index >= 15 is 0 Å². The number of aliphatic hydroxyl groups is 1. The molecule has 1 N–H and O–H groups in total. The molecule has 7 heteroatoms. The van der Waals surface area contributed by atoms with Gasteiger partial charge in [-0.05, 0) is 42.3 Å². The number of nitrogens with zero attached hydrogens (tertiary/aromatic N) is 3. The lowest BCUT2D eigenvalue weighted by Gasteiger charge is -2.33. The SMILES string of the molecule is CC(O)(c1ccc(Cl)cc1Cl)C(Oc1ccc(-c2ccccc2)cc1)n1cncn1. The van der Waals surface area contributed by atoms with Gasteiger partial charge in [0.25, 0.3) is 0 Å². The van der Waals surface area contributed by atoms with Crippen LogP contribution in [-0.4, -0.2) is 19.9 Å². The summed E-state index contributed by atoms with van der Waals surface area (Å²) >= 11 is 12.4. The maximum absolute atomic E-state index is 11.4. The molecule has 0 aliphatic heterocycles. The van der Waals surface area contributed by atoms with Crippen molar-refractivity contribution in [2.45, 2.75) is 18.8 Å². The van der Waals surface area contributed by atoms with Crippen LogP contribution in [0.1, 0.15) is 18.7 Å². The molecule has 1 aromatic heterocycles. The average molecular weight is 440 g/mol. The lowest BCUT2D eigenvalue weighted by Crippen LogP contribution is -2.38. The van der Waals surface area contributed by atoms with Crippen molar-refractivity contribution in [3.05, 3.63) is 101 Å². The monoisotopic (exact) mass is 439 g/mol. The molecule has 0 aliphatic carbocycles. The molecule has 3 aromatic carbocycles. The van der Waals surface area contributed by atoms with Gasteiger partial charge in [-0.15, -0.1) is 0 Å². The minimum Gasteiger partial charge on any atom is -0.465 e. The van der Waals surface area contributed by atoms with Gasteiger partial charge in [0.15, 0.2) is 0 Å². The summed E-state index contributed by atoms with van der Waals surface area (Å²) in [6.45, 7) is 1.62. The second-order valence-electron chi connectivity index (χ2n) is 7.01. The van der Waals surface area contributed by atoms with E-state index in [0.29, 0.717) is 21.4 Å². The minimum absolute atomic E-state index is 0.334. The highest BCUT2D eigenvalue weighted by atomic mass is 35.5. The van der Waals surface area contributed by atoms with E-state index in [1.165, 1.54) is 17.3 Å². The Balaban J connectivity index is 1.67. The maximum Gasteiger partial charge on any atom is 0.225 e. The Bertz CT molecular complexity index is 1120. The predicted octanol–water partition coefficient (Wildman–Crippen LogP) is 5.74. The molecule has 0 fully saturated rings. The molecule has 0 amide bonds. The predicted molar refractivity (Wildman–Crippen MR) is 118 cm³/mol. The van der Waals surface area contributed by atoms with Crippen molar-refractivity contribution in [1.29, 1.82) is 0 Å². The van der Waals surface area contributed by atoms with E-state index in [1.54, 1.807) is 25.1 Å². The van der Waals surface area contributed by atoms with Gasteiger partial charge in [0.1, 0.15) is 24.0 Å². The highest BCUT2D eigenvalue weighted by molar-refractivity contribution is 6.35. The maximum atomic E-state index is 11.4. The molecule has 0 spiro atoms. The second kappa shape index (κ2) is 8.48. The van der Waals surface area contributed by atoms with E-state index in [9.17, 15) is 5.11 Å². The van der Waals surface area contributed by atoms with Crippen molar-refractivity contribution < 1.29 is 9.84 Å². The average Bonchev–Trinajstić information content (AvgIpc) is 3.27. The first-order valence-electron chi connectivity index (χ1n) is 9.29. The number of aromatic nitrogens is 3. The van der Waals surface area contributed by atoms with E-state index in [-0.39, 0.29) is 0 Å². The van der Waals surface area contributed by atoms with Crippen LogP contribution in [0.2, 0.25) is 10.0 Å². The van der Waals surface area contributed by atoms with Gasteiger partial charge < -0.3 is 9.84 Å². The van der Waals surface area contributed by atoms with Crippen LogP contribution in [0.15, 0.2) is 85.5 Å². The first kappa shape index (κ1) is 20.4. The Morgan fingerprint density at radius 2 is 1.67 bits per heavy atom. The Morgan fingerprint density at radius 1 is 0.967 bits per heavy atom. The lowest BCUT2D eigenvalue weighted by molar-refractivity contribution is -0.0978. The van der Waals surface area contributed by atoms with Crippen molar-refractivity contribution >= 4 is 23.2 Å². The third-order valence-electron chi connectivity index (χ3n) is 4.84. The zero-order valence-corrected chi connectivity index (χ0v) is 17.6. The molecule has 5 nitrogen and oxygen atoms in total. The minimum atomic E-state index is -1.52. The zero-order valence-electron chi connectivity index (χ0n) is 16.1. The van der Waals surface area contributed by atoms with Crippen LogP contribution in [0.4, 0.5) is 0 Å². The fourth-order valence-electron chi connectivity index (χ4n) is 3.28. The van der Waals surface area contributed by atoms with Gasteiger partial charge >= 0.3 is 0 Å². The molecule has 2 atom stereocenters. The molecule has 4 rings (SSSR count). The van der Waals surface area contributed by atoms with Gasteiger partial charge in [-0.3, -0.25) is 0 Å². The van der Waals surface area contributed by atoms with Crippen molar-refractivity contribution in [3.63, 3.8) is 0 Å². The number of ether oxygens (including phenoxy) is 1. The normalized spacial score (nSPS) is 14.1. The van der Waals surface area contributed by atoms with E-state index in [4.69, 9.17) is 27.9 Å². The summed E-state index contributed by atoms with van der Waals surface area (Å²) in [5, 5.41) is 16.4. The molecule has 0 aliphatic rings. The molecule has 0 radical (unpaired) electrons. The van der Waals surface area contributed by atoms with Gasteiger partial charge in [-0.25, -0.2) is 9.67 Å². The van der Waals surface area contributed by atoms with Crippen LogP contribution >= 0.6 is 23.2 Å². The molecule has 152 valence electrons. The largest absolute Gasteiger partial charge is 0.465 e. The van der Waals surface area contributed by atoms with Crippen LogP contribution in [-0.2, 0) is 5.60 Å². The number of rotatable bonds is 6. The van der Waals surface area contributed by atoms with Crippen molar-refractivity contribution in [2.24, 2.45) is 0 Å². The molecule has 4 aromatic rings. The van der Waals surface area contributed by atoms with Gasteiger partial charge in [0.05, 0.1) is 0 Å². The Kier molecular flexibility index (Phi) is 5.77. The molecule has 30 heavy (non-hydrogen) atoms. The number of hydrogen-bond donors (Lipinski definition) is 1. The van der Waals surface area contributed by atoms with Gasteiger partial charge in [0.2, 0.25) is 6.23 Å². The third kappa shape index (κ3) is 4.19. The van der Waals surface area contributed by atoms with Gasteiger partial charge in [-0.2, -0.15) is 5.10 Å². The van der Waals surface area contributed by atoms with Gasteiger partial charge in [0, 0.05) is 15.6 Å². The van der Waals surface area contributed by atoms with E-state index < -0.39 is 11.8 Å². The van der Waals surface area contributed by atoms with Crippen molar-refractivity contribution in [1.82, 2.24) is 14.8 Å². The van der Waals surface area contributed by atoms with Gasteiger partial charge in [-0.1, -0.05) is 71.7 Å². The Morgan fingerprint density at radius 3 is 2.30 bits per heavy atom. The standard InChI is InChI=1S/C23H19Cl2N3O2/c1-23(29,20-12-9-18(24)13-21(20)25)22(28-15-26-14-27-28)30-19-10-7-17(8-11-19)16-5-3-2-4-6-16/h2-15,22,29H,1H3. The third-order valence-corrected chi connectivity index (χ3v) is 5.39. The molecule has 1 heterocycles. The fourth-order valence-corrected chi connectivity index (χ4v) is 3.88. The van der Waals surface area contributed by atoms with Crippen LogP contribution in [0.25, 0.3) is 11.1 Å². The molecule has 2 unspecified atom stereocenters. The van der Waals surface area contributed by atoms with Crippen molar-refractivity contribution in [2.75, 3.05) is 0 Å². The summed E-state index contributed by atoms with van der Waals surface area (Å²) in [7, 11) is 0. The quantitative estimate of drug-likeness (QED) is 0.416.